The van der Waals surface area contributed by atoms with Gasteiger partial charge in [0.2, 0.25) is 0 Å². The number of rotatable bonds is 7. The van der Waals surface area contributed by atoms with Crippen molar-refractivity contribution in [3.8, 4) is 11.5 Å². The third-order valence-corrected chi connectivity index (χ3v) is 2.20. The van der Waals surface area contributed by atoms with Gasteiger partial charge < -0.3 is 19.3 Å². The van der Waals surface area contributed by atoms with E-state index in [0.29, 0.717) is 6.42 Å². The molecule has 4 heteroatoms. The first-order valence-corrected chi connectivity index (χ1v) is 5.21. The molecule has 0 aliphatic heterocycles. The molecule has 0 fully saturated rings. The molecule has 0 radical (unpaired) electrons. The molecule has 0 atom stereocenters. The lowest BCUT2D eigenvalue weighted by Gasteiger charge is -2.11. The number of aliphatic hydroxyl groups excluding tert-OH is 1. The van der Waals surface area contributed by atoms with Crippen LogP contribution in [-0.2, 0) is 11.2 Å². The van der Waals surface area contributed by atoms with E-state index < -0.39 is 0 Å². The summed E-state index contributed by atoms with van der Waals surface area (Å²) in [7, 11) is 3.21. The highest BCUT2D eigenvalue weighted by Crippen LogP contribution is 2.25. The molecule has 0 aliphatic carbocycles. The van der Waals surface area contributed by atoms with Crippen LogP contribution in [0.1, 0.15) is 12.0 Å². The third-order valence-electron chi connectivity index (χ3n) is 2.20. The number of hydrogen-bond acceptors (Lipinski definition) is 4. The van der Waals surface area contributed by atoms with Crippen molar-refractivity contribution in [3.63, 3.8) is 0 Å². The number of ether oxygens (including phenoxy) is 3. The molecule has 0 amide bonds. The van der Waals surface area contributed by atoms with Gasteiger partial charge in [-0.2, -0.15) is 0 Å². The SMILES string of the molecule is COCOc1ccc(OC)c(CCCO)c1. The van der Waals surface area contributed by atoms with Crippen molar-refractivity contribution in [2.45, 2.75) is 12.8 Å². The van der Waals surface area contributed by atoms with Crippen LogP contribution in [0.25, 0.3) is 0 Å². The second-order valence-electron chi connectivity index (χ2n) is 3.35. The fourth-order valence-electron chi connectivity index (χ4n) is 1.44. The molecule has 4 nitrogen and oxygen atoms in total. The first kappa shape index (κ1) is 12.8. The van der Waals surface area contributed by atoms with Gasteiger partial charge in [0.05, 0.1) is 7.11 Å². The second kappa shape index (κ2) is 7.09. The lowest BCUT2D eigenvalue weighted by atomic mass is 10.1. The summed E-state index contributed by atoms with van der Waals surface area (Å²) in [5, 5.41) is 8.81. The number of benzene rings is 1. The maximum absolute atomic E-state index is 8.81. The lowest BCUT2D eigenvalue weighted by Crippen LogP contribution is -2.00. The molecular weight excluding hydrogens is 208 g/mol. The molecule has 1 aromatic rings. The Kier molecular flexibility index (Phi) is 5.67. The van der Waals surface area contributed by atoms with Crippen molar-refractivity contribution in [2.24, 2.45) is 0 Å². The van der Waals surface area contributed by atoms with Crippen LogP contribution in [0.15, 0.2) is 18.2 Å². The Balaban J connectivity index is 2.74. The molecule has 90 valence electrons. The predicted molar refractivity (Wildman–Crippen MR) is 60.9 cm³/mol. The zero-order valence-corrected chi connectivity index (χ0v) is 9.73. The minimum absolute atomic E-state index is 0.173. The summed E-state index contributed by atoms with van der Waals surface area (Å²) >= 11 is 0. The van der Waals surface area contributed by atoms with Crippen molar-refractivity contribution in [2.75, 3.05) is 27.6 Å². The first-order chi connectivity index (χ1) is 7.81. The number of aliphatic hydroxyl groups is 1. The van der Waals surface area contributed by atoms with E-state index in [4.69, 9.17) is 19.3 Å². The van der Waals surface area contributed by atoms with E-state index in [9.17, 15) is 0 Å². The fraction of sp³-hybridized carbons (Fsp3) is 0.500. The summed E-state index contributed by atoms with van der Waals surface area (Å²) in [6, 6.07) is 5.60. The summed E-state index contributed by atoms with van der Waals surface area (Å²) in [4.78, 5) is 0. The van der Waals surface area contributed by atoms with Crippen molar-refractivity contribution in [1.82, 2.24) is 0 Å². The van der Waals surface area contributed by atoms with Crippen LogP contribution in [0.3, 0.4) is 0 Å². The first-order valence-electron chi connectivity index (χ1n) is 5.21. The van der Waals surface area contributed by atoms with Gasteiger partial charge in [0.15, 0.2) is 6.79 Å². The Morgan fingerprint density at radius 1 is 1.25 bits per heavy atom. The largest absolute Gasteiger partial charge is 0.496 e. The van der Waals surface area contributed by atoms with E-state index in [1.165, 1.54) is 0 Å². The van der Waals surface area contributed by atoms with Gasteiger partial charge in [-0.25, -0.2) is 0 Å². The van der Waals surface area contributed by atoms with Crippen molar-refractivity contribution in [1.29, 1.82) is 0 Å². The maximum Gasteiger partial charge on any atom is 0.188 e. The molecule has 0 heterocycles. The highest BCUT2D eigenvalue weighted by molar-refractivity contribution is 5.40. The number of methoxy groups -OCH3 is 2. The molecule has 16 heavy (non-hydrogen) atoms. The minimum Gasteiger partial charge on any atom is -0.496 e. The zero-order valence-electron chi connectivity index (χ0n) is 9.73. The zero-order chi connectivity index (χ0) is 11.8. The average molecular weight is 226 g/mol. The summed E-state index contributed by atoms with van der Waals surface area (Å²) in [5.74, 6) is 1.56. The van der Waals surface area contributed by atoms with E-state index in [0.717, 1.165) is 23.5 Å². The molecule has 1 rings (SSSR count). The van der Waals surface area contributed by atoms with Gasteiger partial charge in [-0.3, -0.25) is 0 Å². The number of hydrogen-bond donors (Lipinski definition) is 1. The van der Waals surface area contributed by atoms with Crippen LogP contribution >= 0.6 is 0 Å². The Morgan fingerprint density at radius 3 is 2.69 bits per heavy atom. The minimum atomic E-state index is 0.173. The highest BCUT2D eigenvalue weighted by atomic mass is 16.7. The van der Waals surface area contributed by atoms with Crippen LogP contribution in [-0.4, -0.2) is 32.7 Å². The summed E-state index contributed by atoms with van der Waals surface area (Å²) in [6.07, 6.45) is 1.48. The lowest BCUT2D eigenvalue weighted by molar-refractivity contribution is 0.0510. The van der Waals surface area contributed by atoms with E-state index >= 15 is 0 Å². The molecule has 1 aromatic carbocycles. The second-order valence-corrected chi connectivity index (χ2v) is 3.35. The van der Waals surface area contributed by atoms with Gasteiger partial charge in [-0.05, 0) is 36.6 Å². The Labute approximate surface area is 95.8 Å². The maximum atomic E-state index is 8.81. The summed E-state index contributed by atoms with van der Waals surface area (Å²) in [5.41, 5.74) is 1.03. The average Bonchev–Trinajstić information content (AvgIpc) is 2.33. The normalized spacial score (nSPS) is 10.2. The van der Waals surface area contributed by atoms with Gasteiger partial charge in [-0.15, -0.1) is 0 Å². The summed E-state index contributed by atoms with van der Waals surface area (Å²) < 4.78 is 15.4. The van der Waals surface area contributed by atoms with Gasteiger partial charge >= 0.3 is 0 Å². The Morgan fingerprint density at radius 2 is 2.06 bits per heavy atom. The van der Waals surface area contributed by atoms with E-state index in [1.807, 2.05) is 18.2 Å². The van der Waals surface area contributed by atoms with Crippen LogP contribution < -0.4 is 9.47 Å². The molecule has 0 aliphatic rings. The standard InChI is InChI=1S/C12H18O4/c1-14-9-16-11-5-6-12(15-2)10(8-11)4-3-7-13/h5-6,8,13H,3-4,7,9H2,1-2H3. The monoisotopic (exact) mass is 226 g/mol. The molecule has 0 spiro atoms. The van der Waals surface area contributed by atoms with E-state index in [2.05, 4.69) is 0 Å². The molecule has 0 unspecified atom stereocenters. The molecule has 0 aromatic heterocycles. The van der Waals surface area contributed by atoms with Crippen molar-refractivity contribution < 1.29 is 19.3 Å². The quantitative estimate of drug-likeness (QED) is 0.717. The Bertz CT molecular complexity index is 312. The fourth-order valence-corrected chi connectivity index (χ4v) is 1.44. The van der Waals surface area contributed by atoms with Gasteiger partial charge in [0.25, 0.3) is 0 Å². The van der Waals surface area contributed by atoms with Gasteiger partial charge in [0.1, 0.15) is 11.5 Å². The van der Waals surface area contributed by atoms with E-state index in [-0.39, 0.29) is 13.4 Å². The topological polar surface area (TPSA) is 47.9 Å². The van der Waals surface area contributed by atoms with E-state index in [1.54, 1.807) is 14.2 Å². The van der Waals surface area contributed by atoms with Crippen LogP contribution in [0, 0.1) is 0 Å². The molecule has 1 N–H and O–H groups in total. The molecular formula is C12H18O4. The molecule has 0 saturated heterocycles. The van der Waals surface area contributed by atoms with Crippen LogP contribution in [0.5, 0.6) is 11.5 Å². The van der Waals surface area contributed by atoms with Crippen molar-refractivity contribution >= 4 is 0 Å². The Hall–Kier alpha value is -1.26. The van der Waals surface area contributed by atoms with Crippen molar-refractivity contribution in [3.05, 3.63) is 23.8 Å². The summed E-state index contributed by atoms with van der Waals surface area (Å²) in [6.45, 7) is 0.401. The van der Waals surface area contributed by atoms with Gasteiger partial charge in [0, 0.05) is 13.7 Å². The van der Waals surface area contributed by atoms with Crippen LogP contribution in [0.2, 0.25) is 0 Å². The smallest absolute Gasteiger partial charge is 0.188 e. The third kappa shape index (κ3) is 3.72. The predicted octanol–water partition coefficient (Wildman–Crippen LogP) is 1.60. The van der Waals surface area contributed by atoms with Gasteiger partial charge in [-0.1, -0.05) is 0 Å². The molecule has 0 saturated carbocycles. The van der Waals surface area contributed by atoms with Crippen LogP contribution in [0.4, 0.5) is 0 Å². The number of aryl methyl sites for hydroxylation is 1. The molecule has 0 bridgehead atoms. The highest BCUT2D eigenvalue weighted by Gasteiger charge is 2.04.